The van der Waals surface area contributed by atoms with Gasteiger partial charge in [0.2, 0.25) is 0 Å². The Morgan fingerprint density at radius 2 is 0.818 bits per heavy atom. The molecule has 9 rings (SSSR count). The minimum absolute atomic E-state index is 0.606. The summed E-state index contributed by atoms with van der Waals surface area (Å²) in [5.41, 5.74) is 8.31. The van der Waals surface area contributed by atoms with E-state index in [1.54, 1.807) is 0 Å². The molecule has 44 heavy (non-hydrogen) atoms. The molecule has 0 aliphatic rings. The molecule has 0 aliphatic carbocycles. The van der Waals surface area contributed by atoms with Crippen LogP contribution < -0.4 is 0 Å². The maximum atomic E-state index is 6.40. The van der Waals surface area contributed by atoms with E-state index in [1.807, 2.05) is 109 Å². The number of furan rings is 2. The molecule has 0 bridgehead atoms. The molecule has 0 aliphatic heterocycles. The van der Waals surface area contributed by atoms with Crippen LogP contribution >= 0.6 is 0 Å². The molecule has 5 nitrogen and oxygen atoms in total. The van der Waals surface area contributed by atoms with E-state index in [0.717, 1.165) is 71.7 Å². The first-order valence-electron chi connectivity index (χ1n) is 14.5. The molecule has 0 N–H and O–H groups in total. The van der Waals surface area contributed by atoms with E-state index in [9.17, 15) is 0 Å². The van der Waals surface area contributed by atoms with Gasteiger partial charge in [-0.15, -0.1) is 0 Å². The number of fused-ring (bicyclic) bond motifs is 6. The zero-order valence-electron chi connectivity index (χ0n) is 23.4. The third-order valence-electron chi connectivity index (χ3n) is 8.15. The van der Waals surface area contributed by atoms with E-state index >= 15 is 0 Å². The predicted molar refractivity (Wildman–Crippen MR) is 176 cm³/mol. The van der Waals surface area contributed by atoms with E-state index in [-0.39, 0.29) is 0 Å². The molecule has 0 spiro atoms. The van der Waals surface area contributed by atoms with E-state index in [0.29, 0.717) is 17.5 Å². The lowest BCUT2D eigenvalue weighted by atomic mass is 9.95. The van der Waals surface area contributed by atoms with E-state index < -0.39 is 0 Å². The van der Waals surface area contributed by atoms with Crippen molar-refractivity contribution in [3.63, 3.8) is 0 Å². The summed E-state index contributed by atoms with van der Waals surface area (Å²) < 4.78 is 12.6. The van der Waals surface area contributed by atoms with Crippen molar-refractivity contribution in [3.05, 3.63) is 140 Å². The largest absolute Gasteiger partial charge is 0.456 e. The Balaban J connectivity index is 1.28. The molecule has 0 fully saturated rings. The minimum atomic E-state index is 0.606. The van der Waals surface area contributed by atoms with Crippen LogP contribution in [0.1, 0.15) is 0 Å². The Labute approximate surface area is 252 Å². The average Bonchev–Trinajstić information content (AvgIpc) is 3.67. The highest BCUT2D eigenvalue weighted by atomic mass is 16.3. The summed E-state index contributed by atoms with van der Waals surface area (Å²) in [6.07, 6.45) is 0. The van der Waals surface area contributed by atoms with Crippen molar-refractivity contribution in [1.82, 2.24) is 15.0 Å². The zero-order valence-corrected chi connectivity index (χ0v) is 23.4. The lowest BCUT2D eigenvalue weighted by Gasteiger charge is -2.09. The number of aromatic nitrogens is 3. The summed E-state index contributed by atoms with van der Waals surface area (Å²) in [6.45, 7) is 0. The van der Waals surface area contributed by atoms with Crippen molar-refractivity contribution in [2.24, 2.45) is 0 Å². The Bertz CT molecular complexity index is 2440. The fraction of sp³-hybridized carbons (Fsp3) is 0. The number of benzene rings is 6. The molecule has 0 unspecified atom stereocenters. The van der Waals surface area contributed by atoms with Gasteiger partial charge in [0.1, 0.15) is 22.3 Å². The lowest BCUT2D eigenvalue weighted by Crippen LogP contribution is -2.00. The molecular weight excluding hydrogens is 542 g/mol. The monoisotopic (exact) mass is 565 g/mol. The lowest BCUT2D eigenvalue weighted by molar-refractivity contribution is 0.668. The molecule has 6 aromatic carbocycles. The molecule has 9 aromatic rings. The summed E-state index contributed by atoms with van der Waals surface area (Å²) >= 11 is 0. The molecule has 0 radical (unpaired) electrons. The van der Waals surface area contributed by atoms with Crippen molar-refractivity contribution < 1.29 is 8.83 Å². The highest BCUT2D eigenvalue weighted by Gasteiger charge is 2.19. The molecule has 206 valence electrons. The number of nitrogens with zero attached hydrogens (tertiary/aromatic N) is 3. The van der Waals surface area contributed by atoms with Crippen LogP contribution in [0.5, 0.6) is 0 Å². The fourth-order valence-electron chi connectivity index (χ4n) is 6.13. The third-order valence-corrected chi connectivity index (χ3v) is 8.15. The summed E-state index contributed by atoms with van der Waals surface area (Å²) in [5.74, 6) is 1.87. The van der Waals surface area contributed by atoms with Crippen molar-refractivity contribution in [2.75, 3.05) is 0 Å². The van der Waals surface area contributed by atoms with Gasteiger partial charge in [-0.3, -0.25) is 0 Å². The number of hydrogen-bond donors (Lipinski definition) is 0. The van der Waals surface area contributed by atoms with Crippen molar-refractivity contribution in [2.45, 2.75) is 0 Å². The van der Waals surface area contributed by atoms with Crippen LogP contribution in [0, 0.1) is 0 Å². The van der Waals surface area contributed by atoms with Crippen LogP contribution in [0.25, 0.3) is 89.2 Å². The Morgan fingerprint density at radius 3 is 1.43 bits per heavy atom. The summed E-state index contributed by atoms with van der Waals surface area (Å²) in [6, 6.07) is 46.9. The normalized spacial score (nSPS) is 11.6. The van der Waals surface area contributed by atoms with E-state index in [2.05, 4.69) is 30.3 Å². The number of para-hydroxylation sites is 1. The first-order chi connectivity index (χ1) is 21.8. The van der Waals surface area contributed by atoms with Gasteiger partial charge < -0.3 is 8.83 Å². The molecule has 3 heterocycles. The van der Waals surface area contributed by atoms with Crippen LogP contribution in [0.15, 0.2) is 148 Å². The van der Waals surface area contributed by atoms with Gasteiger partial charge in [-0.2, -0.15) is 0 Å². The summed E-state index contributed by atoms with van der Waals surface area (Å²) in [5, 5.41) is 4.23. The van der Waals surface area contributed by atoms with Crippen LogP contribution in [-0.2, 0) is 0 Å². The Morgan fingerprint density at radius 1 is 0.341 bits per heavy atom. The van der Waals surface area contributed by atoms with Gasteiger partial charge in [0.05, 0.1) is 0 Å². The second-order valence-electron chi connectivity index (χ2n) is 10.8. The molecule has 5 heteroatoms. The first-order valence-corrected chi connectivity index (χ1v) is 14.5. The van der Waals surface area contributed by atoms with Gasteiger partial charge >= 0.3 is 0 Å². The summed E-state index contributed by atoms with van der Waals surface area (Å²) in [4.78, 5) is 14.8. The van der Waals surface area contributed by atoms with Crippen LogP contribution in [0.2, 0.25) is 0 Å². The van der Waals surface area contributed by atoms with E-state index in [4.69, 9.17) is 23.8 Å². The highest BCUT2D eigenvalue weighted by Crippen LogP contribution is 2.42. The third kappa shape index (κ3) is 3.91. The quantitative estimate of drug-likeness (QED) is 0.212. The molecule has 3 aromatic heterocycles. The molecule has 0 atom stereocenters. The fourth-order valence-corrected chi connectivity index (χ4v) is 6.13. The predicted octanol–water partition coefficient (Wildman–Crippen LogP) is 10.3. The van der Waals surface area contributed by atoms with Crippen molar-refractivity contribution >= 4 is 43.9 Å². The van der Waals surface area contributed by atoms with Gasteiger partial charge in [0.15, 0.2) is 17.5 Å². The second-order valence-corrected chi connectivity index (χ2v) is 10.8. The van der Waals surface area contributed by atoms with Gasteiger partial charge in [-0.1, -0.05) is 103 Å². The summed E-state index contributed by atoms with van der Waals surface area (Å²) in [7, 11) is 0. The number of hydrogen-bond acceptors (Lipinski definition) is 5. The molecular formula is C39H23N3O2. The van der Waals surface area contributed by atoms with Gasteiger partial charge in [-0.05, 0) is 47.5 Å². The maximum Gasteiger partial charge on any atom is 0.164 e. The van der Waals surface area contributed by atoms with Crippen LogP contribution in [0.3, 0.4) is 0 Å². The van der Waals surface area contributed by atoms with Gasteiger partial charge in [0, 0.05) is 38.2 Å². The minimum Gasteiger partial charge on any atom is -0.456 e. The van der Waals surface area contributed by atoms with Gasteiger partial charge in [-0.25, -0.2) is 15.0 Å². The smallest absolute Gasteiger partial charge is 0.164 e. The van der Waals surface area contributed by atoms with Crippen molar-refractivity contribution in [1.29, 1.82) is 0 Å². The SMILES string of the molecule is c1ccc(-c2nc(-c3ccccc3)nc(-c3ccc4oc5cccc(-c6cccc7oc8ccccc8c67)c5c4c3)n2)cc1. The zero-order chi connectivity index (χ0) is 29.0. The number of rotatable bonds is 4. The van der Waals surface area contributed by atoms with Gasteiger partial charge in [0.25, 0.3) is 0 Å². The second kappa shape index (κ2) is 9.75. The van der Waals surface area contributed by atoms with E-state index in [1.165, 1.54) is 0 Å². The van der Waals surface area contributed by atoms with Crippen LogP contribution in [-0.4, -0.2) is 15.0 Å². The Hall–Kier alpha value is -6.07. The standard InChI is InChI=1S/C39H23N3O2/c1-3-11-24(12-4-1)37-40-38(25-13-5-2-6-14-25)42-39(41-37)26-21-22-32-30(23-26)36-28(17-10-20-34(36)44-32)27-16-9-19-33-35(27)29-15-7-8-18-31(29)43-33/h1-23H. The topological polar surface area (TPSA) is 65.0 Å². The van der Waals surface area contributed by atoms with Crippen LogP contribution in [0.4, 0.5) is 0 Å². The first kappa shape index (κ1) is 24.5. The molecule has 0 saturated carbocycles. The highest BCUT2D eigenvalue weighted by molar-refractivity contribution is 6.19. The molecule has 0 amide bonds. The average molecular weight is 566 g/mol. The van der Waals surface area contributed by atoms with Crippen molar-refractivity contribution in [3.8, 4) is 45.3 Å². The Kier molecular flexibility index (Phi) is 5.43. The molecule has 0 saturated heterocycles. The maximum absolute atomic E-state index is 6.40.